The first-order valence-electron chi connectivity index (χ1n) is 11.7. The Kier molecular flexibility index (Phi) is 11.2. The zero-order chi connectivity index (χ0) is 25.0. The number of thioether (sulfide) groups is 1. The standard InChI is InChI=1S/C28H30BrClN2O2S/c1-2-31-28(34)26(19-21-7-4-3-5-8-21)32(20-22-10-12-23(29)13-11-22)27(33)9-6-18-35-25-16-14-24(30)15-17-25/h3-5,7-8,10-17,26H,2,6,9,18-20H2,1H3,(H,31,34). The molecule has 0 aliphatic heterocycles. The number of carbonyl (C=O) groups excluding carboxylic acids is 2. The van der Waals surface area contributed by atoms with E-state index in [4.69, 9.17) is 11.6 Å². The first-order chi connectivity index (χ1) is 17.0. The normalized spacial score (nSPS) is 11.6. The van der Waals surface area contributed by atoms with Gasteiger partial charge in [0, 0.05) is 40.3 Å². The Balaban J connectivity index is 1.75. The van der Waals surface area contributed by atoms with Gasteiger partial charge in [0.1, 0.15) is 6.04 Å². The van der Waals surface area contributed by atoms with Gasteiger partial charge in [0.25, 0.3) is 0 Å². The highest BCUT2D eigenvalue weighted by atomic mass is 79.9. The highest BCUT2D eigenvalue weighted by Gasteiger charge is 2.29. The van der Waals surface area contributed by atoms with Crippen molar-refractivity contribution in [1.82, 2.24) is 10.2 Å². The molecule has 2 amide bonds. The van der Waals surface area contributed by atoms with Crippen LogP contribution in [0.3, 0.4) is 0 Å². The van der Waals surface area contributed by atoms with Crippen molar-refractivity contribution >= 4 is 51.1 Å². The van der Waals surface area contributed by atoms with E-state index >= 15 is 0 Å². The van der Waals surface area contributed by atoms with Crippen LogP contribution in [0.5, 0.6) is 0 Å². The summed E-state index contributed by atoms with van der Waals surface area (Å²) in [6.07, 6.45) is 1.56. The molecule has 3 aromatic carbocycles. The zero-order valence-corrected chi connectivity index (χ0v) is 22.9. The second kappa shape index (κ2) is 14.3. The van der Waals surface area contributed by atoms with Crippen LogP contribution in [-0.2, 0) is 22.6 Å². The smallest absolute Gasteiger partial charge is 0.243 e. The lowest BCUT2D eigenvalue weighted by molar-refractivity contribution is -0.141. The van der Waals surface area contributed by atoms with Crippen LogP contribution in [0.2, 0.25) is 5.02 Å². The fourth-order valence-corrected chi connectivity index (χ4v) is 4.96. The molecule has 1 atom stereocenters. The van der Waals surface area contributed by atoms with Crippen LogP contribution >= 0.6 is 39.3 Å². The second-order valence-corrected chi connectivity index (χ2v) is 10.7. The third kappa shape index (κ3) is 9.02. The fourth-order valence-electron chi connectivity index (χ4n) is 3.72. The van der Waals surface area contributed by atoms with E-state index in [2.05, 4.69) is 21.2 Å². The van der Waals surface area contributed by atoms with Crippen molar-refractivity contribution in [1.29, 1.82) is 0 Å². The van der Waals surface area contributed by atoms with Gasteiger partial charge in [-0.1, -0.05) is 70.0 Å². The minimum Gasteiger partial charge on any atom is -0.355 e. The lowest BCUT2D eigenvalue weighted by Crippen LogP contribution is -2.50. The molecule has 3 rings (SSSR count). The molecule has 0 aliphatic carbocycles. The van der Waals surface area contributed by atoms with Crippen molar-refractivity contribution in [3.05, 3.63) is 99.5 Å². The SMILES string of the molecule is CCNC(=O)C(Cc1ccccc1)N(Cc1ccc(Br)cc1)C(=O)CCCSc1ccc(Cl)cc1. The molecule has 1 unspecified atom stereocenters. The maximum absolute atomic E-state index is 13.5. The molecule has 0 saturated heterocycles. The molecule has 3 aromatic rings. The number of carbonyl (C=O) groups is 2. The van der Waals surface area contributed by atoms with Crippen LogP contribution in [-0.4, -0.2) is 35.1 Å². The molecule has 0 aromatic heterocycles. The Hall–Kier alpha value is -2.28. The Morgan fingerprint density at radius 2 is 1.66 bits per heavy atom. The van der Waals surface area contributed by atoms with Gasteiger partial charge in [-0.2, -0.15) is 0 Å². The largest absolute Gasteiger partial charge is 0.355 e. The minimum atomic E-state index is -0.586. The van der Waals surface area contributed by atoms with Crippen molar-refractivity contribution in [3.8, 4) is 0 Å². The number of amides is 2. The Morgan fingerprint density at radius 1 is 0.971 bits per heavy atom. The average molecular weight is 574 g/mol. The van der Waals surface area contributed by atoms with Crippen LogP contribution in [0.25, 0.3) is 0 Å². The van der Waals surface area contributed by atoms with Crippen LogP contribution in [0.4, 0.5) is 0 Å². The monoisotopic (exact) mass is 572 g/mol. The van der Waals surface area contributed by atoms with Gasteiger partial charge in [0.15, 0.2) is 0 Å². The molecule has 7 heteroatoms. The lowest BCUT2D eigenvalue weighted by atomic mass is 10.0. The van der Waals surface area contributed by atoms with E-state index in [-0.39, 0.29) is 11.8 Å². The van der Waals surface area contributed by atoms with Crippen LogP contribution < -0.4 is 5.32 Å². The Labute approximate surface area is 225 Å². The molecule has 0 heterocycles. The molecule has 0 fully saturated rings. The summed E-state index contributed by atoms with van der Waals surface area (Å²) in [6, 6.07) is 24.9. The summed E-state index contributed by atoms with van der Waals surface area (Å²) < 4.78 is 0.975. The van der Waals surface area contributed by atoms with Gasteiger partial charge in [-0.3, -0.25) is 9.59 Å². The topological polar surface area (TPSA) is 49.4 Å². The molecule has 184 valence electrons. The maximum atomic E-state index is 13.5. The first-order valence-corrected chi connectivity index (χ1v) is 13.9. The summed E-state index contributed by atoms with van der Waals surface area (Å²) in [4.78, 5) is 29.5. The highest BCUT2D eigenvalue weighted by molar-refractivity contribution is 9.10. The molecule has 0 bridgehead atoms. The van der Waals surface area contributed by atoms with E-state index in [1.807, 2.05) is 85.8 Å². The predicted octanol–water partition coefficient (Wildman–Crippen LogP) is 6.75. The summed E-state index contributed by atoms with van der Waals surface area (Å²) >= 11 is 11.1. The summed E-state index contributed by atoms with van der Waals surface area (Å²) in [6.45, 7) is 2.79. The zero-order valence-electron chi connectivity index (χ0n) is 19.8. The minimum absolute atomic E-state index is 0.0168. The molecule has 0 spiro atoms. The average Bonchev–Trinajstić information content (AvgIpc) is 2.87. The molecule has 4 nitrogen and oxygen atoms in total. The van der Waals surface area contributed by atoms with E-state index in [9.17, 15) is 9.59 Å². The highest BCUT2D eigenvalue weighted by Crippen LogP contribution is 2.23. The number of rotatable bonds is 12. The molecule has 35 heavy (non-hydrogen) atoms. The molecule has 0 radical (unpaired) electrons. The summed E-state index contributed by atoms with van der Waals surface area (Å²) in [5, 5.41) is 3.65. The molecule has 1 N–H and O–H groups in total. The van der Waals surface area contributed by atoms with Crippen molar-refractivity contribution in [2.24, 2.45) is 0 Å². The van der Waals surface area contributed by atoms with Gasteiger partial charge >= 0.3 is 0 Å². The molecular weight excluding hydrogens is 544 g/mol. The maximum Gasteiger partial charge on any atom is 0.243 e. The van der Waals surface area contributed by atoms with Gasteiger partial charge < -0.3 is 10.2 Å². The molecule has 0 saturated carbocycles. The summed E-state index contributed by atoms with van der Waals surface area (Å²) in [5.41, 5.74) is 2.01. The molecular formula is C28H30BrClN2O2S. The van der Waals surface area contributed by atoms with Gasteiger partial charge in [0.2, 0.25) is 11.8 Å². The summed E-state index contributed by atoms with van der Waals surface area (Å²) in [5.74, 6) is 0.665. The van der Waals surface area contributed by atoms with E-state index in [0.717, 1.165) is 32.7 Å². The number of nitrogens with one attached hydrogen (secondary N) is 1. The Morgan fingerprint density at radius 3 is 2.31 bits per heavy atom. The van der Waals surface area contributed by atoms with E-state index in [1.165, 1.54) is 0 Å². The van der Waals surface area contributed by atoms with E-state index in [0.29, 0.717) is 31.0 Å². The Bertz CT molecular complexity index is 1080. The van der Waals surface area contributed by atoms with Crippen LogP contribution in [0.15, 0.2) is 88.2 Å². The molecule has 0 aliphatic rings. The number of likely N-dealkylation sites (N-methyl/N-ethyl adjacent to an activating group) is 1. The van der Waals surface area contributed by atoms with Gasteiger partial charge in [-0.05, 0) is 66.6 Å². The van der Waals surface area contributed by atoms with Crippen LogP contribution in [0.1, 0.15) is 30.9 Å². The second-order valence-electron chi connectivity index (χ2n) is 8.15. The fraction of sp³-hybridized carbons (Fsp3) is 0.286. The first kappa shape index (κ1) is 27.3. The van der Waals surface area contributed by atoms with Crippen molar-refractivity contribution in [2.45, 2.75) is 43.7 Å². The lowest BCUT2D eigenvalue weighted by Gasteiger charge is -2.31. The van der Waals surface area contributed by atoms with Gasteiger partial charge in [-0.15, -0.1) is 11.8 Å². The number of halogens is 2. The summed E-state index contributed by atoms with van der Waals surface area (Å²) in [7, 11) is 0. The number of hydrogen-bond acceptors (Lipinski definition) is 3. The van der Waals surface area contributed by atoms with Gasteiger partial charge in [-0.25, -0.2) is 0 Å². The van der Waals surface area contributed by atoms with Crippen molar-refractivity contribution in [2.75, 3.05) is 12.3 Å². The van der Waals surface area contributed by atoms with E-state index < -0.39 is 6.04 Å². The number of nitrogens with zero attached hydrogens (tertiary/aromatic N) is 1. The van der Waals surface area contributed by atoms with Crippen molar-refractivity contribution in [3.63, 3.8) is 0 Å². The number of hydrogen-bond donors (Lipinski definition) is 1. The third-order valence-corrected chi connectivity index (χ3v) is 7.38. The van der Waals surface area contributed by atoms with Crippen molar-refractivity contribution < 1.29 is 9.59 Å². The quantitative estimate of drug-likeness (QED) is 0.193. The third-order valence-electron chi connectivity index (χ3n) is 5.51. The van der Waals surface area contributed by atoms with E-state index in [1.54, 1.807) is 16.7 Å². The number of benzene rings is 3. The van der Waals surface area contributed by atoms with Gasteiger partial charge in [0.05, 0.1) is 0 Å². The van der Waals surface area contributed by atoms with Crippen LogP contribution in [0, 0.1) is 0 Å². The predicted molar refractivity (Wildman–Crippen MR) is 149 cm³/mol.